The highest BCUT2D eigenvalue weighted by Gasteiger charge is 2.28. The predicted molar refractivity (Wildman–Crippen MR) is 109 cm³/mol. The summed E-state index contributed by atoms with van der Waals surface area (Å²) in [5.74, 6) is 0.771. The van der Waals surface area contributed by atoms with Crippen LogP contribution in [0.3, 0.4) is 0 Å². The molecule has 0 unspecified atom stereocenters. The van der Waals surface area contributed by atoms with Crippen LogP contribution in [0.25, 0.3) is 0 Å². The van der Waals surface area contributed by atoms with E-state index < -0.39 is 10.0 Å². The molecule has 0 atom stereocenters. The average Bonchev–Trinajstić information content (AvgIpc) is 2.70. The third-order valence-electron chi connectivity index (χ3n) is 4.84. The van der Waals surface area contributed by atoms with Crippen LogP contribution in [-0.4, -0.2) is 56.3 Å². The summed E-state index contributed by atoms with van der Waals surface area (Å²) < 4.78 is 32.4. The molecule has 2 aromatic carbocycles. The molecule has 0 bridgehead atoms. The molecule has 0 N–H and O–H groups in total. The van der Waals surface area contributed by atoms with Crippen LogP contribution in [-0.2, 0) is 20.6 Å². The molecule has 7 heteroatoms. The molecule has 28 heavy (non-hydrogen) atoms. The summed E-state index contributed by atoms with van der Waals surface area (Å²) in [7, 11) is -3.37. The number of sulfonamides is 1. The van der Waals surface area contributed by atoms with E-state index in [1.54, 1.807) is 4.90 Å². The van der Waals surface area contributed by atoms with Crippen LogP contribution in [0.15, 0.2) is 54.6 Å². The highest BCUT2D eigenvalue weighted by molar-refractivity contribution is 7.88. The van der Waals surface area contributed by atoms with Gasteiger partial charge >= 0.3 is 0 Å². The van der Waals surface area contributed by atoms with Gasteiger partial charge in [0.05, 0.1) is 18.8 Å². The van der Waals surface area contributed by atoms with Gasteiger partial charge in [0, 0.05) is 26.2 Å². The van der Waals surface area contributed by atoms with E-state index in [1.807, 2.05) is 61.5 Å². The zero-order valence-corrected chi connectivity index (χ0v) is 16.9. The van der Waals surface area contributed by atoms with Gasteiger partial charge in [-0.25, -0.2) is 8.42 Å². The molecule has 0 saturated carbocycles. The Morgan fingerprint density at radius 1 is 0.964 bits per heavy atom. The maximum Gasteiger partial charge on any atom is 0.226 e. The number of para-hydroxylation sites is 1. The lowest BCUT2D eigenvalue weighted by Crippen LogP contribution is -2.50. The van der Waals surface area contributed by atoms with Crippen molar-refractivity contribution in [3.8, 4) is 5.75 Å². The largest absolute Gasteiger partial charge is 0.493 e. The number of ether oxygens (including phenoxy) is 1. The first-order valence-electron chi connectivity index (χ1n) is 9.44. The summed E-state index contributed by atoms with van der Waals surface area (Å²) in [6.07, 6.45) is 0.283. The number of amides is 1. The Labute approximate surface area is 166 Å². The minimum atomic E-state index is -3.37. The van der Waals surface area contributed by atoms with Crippen molar-refractivity contribution in [2.75, 3.05) is 32.8 Å². The third kappa shape index (κ3) is 5.33. The quantitative estimate of drug-likeness (QED) is 0.713. The molecule has 0 spiro atoms. The lowest BCUT2D eigenvalue weighted by molar-refractivity contribution is -0.132. The summed E-state index contributed by atoms with van der Waals surface area (Å²) in [6, 6.07) is 16.8. The van der Waals surface area contributed by atoms with Crippen molar-refractivity contribution in [2.24, 2.45) is 0 Å². The van der Waals surface area contributed by atoms with Crippen molar-refractivity contribution < 1.29 is 17.9 Å². The molecular formula is C21H26N2O4S. The monoisotopic (exact) mass is 402 g/mol. The Morgan fingerprint density at radius 3 is 2.29 bits per heavy atom. The molecule has 150 valence electrons. The number of rotatable bonds is 7. The van der Waals surface area contributed by atoms with E-state index in [2.05, 4.69) is 0 Å². The van der Waals surface area contributed by atoms with Crippen LogP contribution in [0.5, 0.6) is 5.75 Å². The number of hydrogen-bond acceptors (Lipinski definition) is 4. The second-order valence-electron chi connectivity index (χ2n) is 6.89. The molecule has 0 aliphatic carbocycles. The maximum absolute atomic E-state index is 12.6. The van der Waals surface area contributed by atoms with Crippen LogP contribution in [0.2, 0.25) is 0 Å². The van der Waals surface area contributed by atoms with Gasteiger partial charge in [0.25, 0.3) is 0 Å². The standard InChI is InChI=1S/C21H26N2O4S/c1-18-7-5-6-10-20(18)27-16-11-21(24)22-12-14-23(15-13-22)28(25,26)17-19-8-3-2-4-9-19/h2-10H,11-17H2,1H3. The van der Waals surface area contributed by atoms with Crippen molar-refractivity contribution >= 4 is 15.9 Å². The Morgan fingerprint density at radius 2 is 1.61 bits per heavy atom. The summed E-state index contributed by atoms with van der Waals surface area (Å²) >= 11 is 0. The number of hydrogen-bond donors (Lipinski definition) is 0. The van der Waals surface area contributed by atoms with Crippen molar-refractivity contribution in [1.29, 1.82) is 0 Å². The van der Waals surface area contributed by atoms with Gasteiger partial charge in [0.15, 0.2) is 0 Å². The van der Waals surface area contributed by atoms with Gasteiger partial charge in [-0.05, 0) is 24.1 Å². The number of benzene rings is 2. The number of carbonyl (C=O) groups excluding carboxylic acids is 1. The molecular weight excluding hydrogens is 376 g/mol. The normalized spacial score (nSPS) is 15.4. The number of nitrogens with zero attached hydrogens (tertiary/aromatic N) is 2. The van der Waals surface area contributed by atoms with E-state index >= 15 is 0 Å². The van der Waals surface area contributed by atoms with Crippen molar-refractivity contribution in [2.45, 2.75) is 19.1 Å². The third-order valence-corrected chi connectivity index (χ3v) is 6.69. The van der Waals surface area contributed by atoms with E-state index in [-0.39, 0.29) is 18.1 Å². The number of piperazine rings is 1. The van der Waals surface area contributed by atoms with Gasteiger partial charge in [-0.15, -0.1) is 0 Å². The first-order valence-corrected chi connectivity index (χ1v) is 11.0. The van der Waals surface area contributed by atoms with Gasteiger partial charge in [-0.3, -0.25) is 4.79 Å². The molecule has 6 nitrogen and oxygen atoms in total. The van der Waals surface area contributed by atoms with Gasteiger partial charge in [0.2, 0.25) is 15.9 Å². The summed E-state index contributed by atoms with van der Waals surface area (Å²) in [5, 5.41) is 0. The molecule has 1 aliphatic heterocycles. The fourth-order valence-corrected chi connectivity index (χ4v) is 4.73. The fourth-order valence-electron chi connectivity index (χ4n) is 3.22. The van der Waals surface area contributed by atoms with Crippen LogP contribution in [0, 0.1) is 6.92 Å². The van der Waals surface area contributed by atoms with Crippen molar-refractivity contribution in [3.05, 3.63) is 65.7 Å². The second-order valence-corrected chi connectivity index (χ2v) is 8.85. The van der Waals surface area contributed by atoms with E-state index in [0.29, 0.717) is 32.8 Å². The minimum absolute atomic E-state index is 0.00584. The first kappa shape index (κ1) is 20.4. The lowest BCUT2D eigenvalue weighted by Gasteiger charge is -2.34. The topological polar surface area (TPSA) is 66.9 Å². The highest BCUT2D eigenvalue weighted by atomic mass is 32.2. The molecule has 2 aromatic rings. The molecule has 1 heterocycles. The smallest absolute Gasteiger partial charge is 0.226 e. The number of carbonyl (C=O) groups is 1. The molecule has 0 aromatic heterocycles. The Balaban J connectivity index is 1.45. The second kappa shape index (κ2) is 9.21. The Hall–Kier alpha value is -2.38. The van der Waals surface area contributed by atoms with Crippen LogP contribution >= 0.6 is 0 Å². The minimum Gasteiger partial charge on any atom is -0.493 e. The van der Waals surface area contributed by atoms with E-state index in [9.17, 15) is 13.2 Å². The molecule has 1 fully saturated rings. The molecule has 1 amide bonds. The zero-order chi connectivity index (χ0) is 20.0. The van der Waals surface area contributed by atoms with Crippen LogP contribution < -0.4 is 4.74 Å². The van der Waals surface area contributed by atoms with Gasteiger partial charge < -0.3 is 9.64 Å². The Kier molecular flexibility index (Phi) is 6.70. The van der Waals surface area contributed by atoms with Crippen LogP contribution in [0.4, 0.5) is 0 Å². The molecule has 3 rings (SSSR count). The Bertz CT molecular complexity index is 892. The van der Waals surface area contributed by atoms with Gasteiger partial charge in [0.1, 0.15) is 5.75 Å². The van der Waals surface area contributed by atoms with E-state index in [4.69, 9.17) is 4.74 Å². The van der Waals surface area contributed by atoms with Gasteiger partial charge in [-0.2, -0.15) is 4.31 Å². The summed E-state index contributed by atoms with van der Waals surface area (Å²) in [6.45, 7) is 3.77. The SMILES string of the molecule is Cc1ccccc1OCCC(=O)N1CCN(S(=O)(=O)Cc2ccccc2)CC1. The van der Waals surface area contributed by atoms with E-state index in [1.165, 1.54) is 4.31 Å². The zero-order valence-electron chi connectivity index (χ0n) is 16.1. The molecule has 1 saturated heterocycles. The van der Waals surface area contributed by atoms with E-state index in [0.717, 1.165) is 16.9 Å². The lowest BCUT2D eigenvalue weighted by atomic mass is 10.2. The van der Waals surface area contributed by atoms with Crippen molar-refractivity contribution in [1.82, 2.24) is 9.21 Å². The summed E-state index contributed by atoms with van der Waals surface area (Å²) in [5.41, 5.74) is 1.81. The maximum atomic E-state index is 12.6. The molecule has 0 radical (unpaired) electrons. The highest BCUT2D eigenvalue weighted by Crippen LogP contribution is 2.17. The number of aryl methyl sites for hydroxylation is 1. The fraction of sp³-hybridized carbons (Fsp3) is 0.381. The predicted octanol–water partition coefficient (Wildman–Crippen LogP) is 2.44. The average molecular weight is 403 g/mol. The van der Waals surface area contributed by atoms with Crippen LogP contribution in [0.1, 0.15) is 17.5 Å². The molecule has 1 aliphatic rings. The van der Waals surface area contributed by atoms with Crippen molar-refractivity contribution in [3.63, 3.8) is 0 Å². The van der Waals surface area contributed by atoms with Gasteiger partial charge in [-0.1, -0.05) is 48.5 Å². The first-order chi connectivity index (χ1) is 13.5. The summed E-state index contributed by atoms with van der Waals surface area (Å²) in [4.78, 5) is 14.1.